The fourth-order valence-electron chi connectivity index (χ4n) is 3.22. The summed E-state index contributed by atoms with van der Waals surface area (Å²) >= 11 is 0. The molecule has 0 aromatic heterocycles. The number of nitrogens with zero attached hydrogens (tertiary/aromatic N) is 1. The number of fused-ring (bicyclic) bond motifs is 1. The normalized spacial score (nSPS) is 16.6. The molecule has 0 radical (unpaired) electrons. The second kappa shape index (κ2) is 5.24. The van der Waals surface area contributed by atoms with E-state index in [0.29, 0.717) is 11.3 Å². The van der Waals surface area contributed by atoms with Crippen LogP contribution in [-0.4, -0.2) is 17.9 Å². The highest BCUT2D eigenvalue weighted by molar-refractivity contribution is 5.95. The van der Waals surface area contributed by atoms with E-state index in [1.165, 1.54) is 11.1 Å². The highest BCUT2D eigenvalue weighted by Crippen LogP contribution is 2.35. The van der Waals surface area contributed by atoms with Crippen LogP contribution in [0.1, 0.15) is 39.5 Å². The molecular weight excluding hydrogens is 260 g/mol. The van der Waals surface area contributed by atoms with Gasteiger partial charge >= 0.3 is 0 Å². The first-order chi connectivity index (χ1) is 10.1. The molecule has 0 saturated carbocycles. The summed E-state index contributed by atoms with van der Waals surface area (Å²) in [5, 5.41) is 0. The molecular formula is C18H20N2O. The Balaban J connectivity index is 1.89. The van der Waals surface area contributed by atoms with Crippen LogP contribution >= 0.6 is 0 Å². The molecule has 2 aromatic carbocycles. The van der Waals surface area contributed by atoms with Crippen LogP contribution < -0.4 is 5.73 Å². The predicted molar refractivity (Wildman–Crippen MR) is 85.2 cm³/mol. The van der Waals surface area contributed by atoms with Crippen molar-refractivity contribution in [3.8, 4) is 0 Å². The quantitative estimate of drug-likeness (QED) is 0.858. The molecule has 0 heterocycles. The molecule has 3 heteroatoms. The van der Waals surface area contributed by atoms with Crippen LogP contribution in [0.25, 0.3) is 0 Å². The van der Waals surface area contributed by atoms with Gasteiger partial charge in [0.05, 0.1) is 6.04 Å². The van der Waals surface area contributed by atoms with Crippen LogP contribution in [0.5, 0.6) is 0 Å². The molecule has 108 valence electrons. The second-order valence-corrected chi connectivity index (χ2v) is 5.80. The Morgan fingerprint density at radius 1 is 1.24 bits per heavy atom. The van der Waals surface area contributed by atoms with Gasteiger partial charge in [0, 0.05) is 18.3 Å². The minimum Gasteiger partial charge on any atom is -0.399 e. The van der Waals surface area contributed by atoms with E-state index in [-0.39, 0.29) is 11.9 Å². The Morgan fingerprint density at radius 2 is 2.00 bits per heavy atom. The molecule has 21 heavy (non-hydrogen) atoms. The molecule has 1 unspecified atom stereocenters. The first kappa shape index (κ1) is 13.7. The molecule has 3 nitrogen and oxygen atoms in total. The van der Waals surface area contributed by atoms with Gasteiger partial charge in [-0.1, -0.05) is 24.3 Å². The first-order valence-electron chi connectivity index (χ1n) is 7.28. The smallest absolute Gasteiger partial charge is 0.254 e. The van der Waals surface area contributed by atoms with Gasteiger partial charge in [0.2, 0.25) is 0 Å². The Kier molecular flexibility index (Phi) is 3.42. The molecule has 1 aliphatic carbocycles. The number of benzene rings is 2. The summed E-state index contributed by atoms with van der Waals surface area (Å²) in [6, 6.07) is 14.1. The Hall–Kier alpha value is -2.29. The van der Waals surface area contributed by atoms with Crippen molar-refractivity contribution in [1.82, 2.24) is 4.90 Å². The summed E-state index contributed by atoms with van der Waals surface area (Å²) in [5.74, 6) is 0.0344. The summed E-state index contributed by atoms with van der Waals surface area (Å²) in [6.45, 7) is 1.96. The van der Waals surface area contributed by atoms with Gasteiger partial charge in [0.1, 0.15) is 0 Å². The van der Waals surface area contributed by atoms with Gasteiger partial charge < -0.3 is 10.6 Å². The maximum Gasteiger partial charge on any atom is 0.254 e. The Labute approximate surface area is 125 Å². The van der Waals surface area contributed by atoms with Crippen LogP contribution in [0.15, 0.2) is 42.5 Å². The van der Waals surface area contributed by atoms with Crippen molar-refractivity contribution >= 4 is 11.6 Å². The van der Waals surface area contributed by atoms with Crippen LogP contribution in [0.2, 0.25) is 0 Å². The summed E-state index contributed by atoms with van der Waals surface area (Å²) in [5.41, 5.74) is 10.8. The highest BCUT2D eigenvalue weighted by atomic mass is 16.2. The lowest BCUT2D eigenvalue weighted by atomic mass is 10.1. The number of anilines is 1. The summed E-state index contributed by atoms with van der Waals surface area (Å²) < 4.78 is 0. The molecule has 0 saturated heterocycles. The monoisotopic (exact) mass is 280 g/mol. The van der Waals surface area contributed by atoms with Gasteiger partial charge in [-0.05, 0) is 54.7 Å². The lowest BCUT2D eigenvalue weighted by molar-refractivity contribution is 0.0730. The SMILES string of the molecule is Cc1cc(N)cc(C(=O)N(C)C2CCc3ccccc32)c1. The summed E-state index contributed by atoms with van der Waals surface area (Å²) in [4.78, 5) is 14.6. The van der Waals surface area contributed by atoms with Gasteiger partial charge in [-0.25, -0.2) is 0 Å². The van der Waals surface area contributed by atoms with E-state index in [2.05, 4.69) is 18.2 Å². The van der Waals surface area contributed by atoms with Crippen molar-refractivity contribution in [3.05, 3.63) is 64.7 Å². The van der Waals surface area contributed by atoms with E-state index in [0.717, 1.165) is 18.4 Å². The number of nitrogens with two attached hydrogens (primary N) is 1. The molecule has 0 bridgehead atoms. The van der Waals surface area contributed by atoms with Gasteiger partial charge in [0.25, 0.3) is 5.91 Å². The van der Waals surface area contributed by atoms with Gasteiger partial charge in [0.15, 0.2) is 0 Å². The number of amides is 1. The fourth-order valence-corrected chi connectivity index (χ4v) is 3.22. The second-order valence-electron chi connectivity index (χ2n) is 5.80. The topological polar surface area (TPSA) is 46.3 Å². The lowest BCUT2D eigenvalue weighted by Crippen LogP contribution is -2.30. The van der Waals surface area contributed by atoms with Crippen LogP contribution in [0.3, 0.4) is 0 Å². The third kappa shape index (κ3) is 2.51. The van der Waals surface area contributed by atoms with Crippen molar-refractivity contribution < 1.29 is 4.79 Å². The standard InChI is InChI=1S/C18H20N2O/c1-12-9-14(11-15(19)10-12)18(21)20(2)17-8-7-13-5-3-4-6-16(13)17/h3-6,9-11,17H,7-8,19H2,1-2H3. The molecule has 0 spiro atoms. The molecule has 1 atom stereocenters. The van der Waals surface area contributed by atoms with Crippen LogP contribution in [0, 0.1) is 6.92 Å². The van der Waals surface area contributed by atoms with E-state index in [9.17, 15) is 4.79 Å². The van der Waals surface area contributed by atoms with Crippen molar-refractivity contribution in [2.75, 3.05) is 12.8 Å². The first-order valence-corrected chi connectivity index (χ1v) is 7.28. The zero-order valence-corrected chi connectivity index (χ0v) is 12.5. The maximum absolute atomic E-state index is 12.7. The third-order valence-electron chi connectivity index (χ3n) is 4.24. The number of hydrogen-bond donors (Lipinski definition) is 1. The molecule has 2 N–H and O–H groups in total. The van der Waals surface area contributed by atoms with E-state index >= 15 is 0 Å². The average molecular weight is 280 g/mol. The molecule has 3 rings (SSSR count). The fraction of sp³-hybridized carbons (Fsp3) is 0.278. The molecule has 1 amide bonds. The van der Waals surface area contributed by atoms with Crippen molar-refractivity contribution in [3.63, 3.8) is 0 Å². The number of rotatable bonds is 2. The van der Waals surface area contributed by atoms with Crippen LogP contribution in [0.4, 0.5) is 5.69 Å². The largest absolute Gasteiger partial charge is 0.399 e. The van der Waals surface area contributed by atoms with E-state index in [1.54, 1.807) is 6.07 Å². The number of aryl methyl sites for hydroxylation is 2. The maximum atomic E-state index is 12.7. The summed E-state index contributed by atoms with van der Waals surface area (Å²) in [6.07, 6.45) is 2.03. The molecule has 2 aromatic rings. The molecule has 0 aliphatic heterocycles. The average Bonchev–Trinajstić information content (AvgIpc) is 2.88. The number of nitrogen functional groups attached to an aromatic ring is 1. The highest BCUT2D eigenvalue weighted by Gasteiger charge is 2.28. The van der Waals surface area contributed by atoms with Gasteiger partial charge in [-0.15, -0.1) is 0 Å². The molecule has 0 fully saturated rings. The van der Waals surface area contributed by atoms with Crippen molar-refractivity contribution in [2.24, 2.45) is 0 Å². The van der Waals surface area contributed by atoms with E-state index in [4.69, 9.17) is 5.73 Å². The Bertz CT molecular complexity index is 673. The zero-order chi connectivity index (χ0) is 15.0. The molecule has 1 aliphatic rings. The minimum absolute atomic E-state index is 0.0344. The van der Waals surface area contributed by atoms with Gasteiger partial charge in [-0.3, -0.25) is 4.79 Å². The summed E-state index contributed by atoms with van der Waals surface area (Å²) in [7, 11) is 1.88. The van der Waals surface area contributed by atoms with Crippen LogP contribution in [-0.2, 0) is 6.42 Å². The van der Waals surface area contributed by atoms with Crippen molar-refractivity contribution in [1.29, 1.82) is 0 Å². The predicted octanol–water partition coefficient (Wildman–Crippen LogP) is 3.34. The Morgan fingerprint density at radius 3 is 2.76 bits per heavy atom. The van der Waals surface area contributed by atoms with Crippen molar-refractivity contribution in [2.45, 2.75) is 25.8 Å². The zero-order valence-electron chi connectivity index (χ0n) is 12.5. The van der Waals surface area contributed by atoms with E-state index in [1.807, 2.05) is 37.1 Å². The van der Waals surface area contributed by atoms with E-state index < -0.39 is 0 Å². The lowest BCUT2D eigenvalue weighted by Gasteiger charge is -2.26. The number of carbonyl (C=O) groups excluding carboxylic acids is 1. The number of carbonyl (C=O) groups is 1. The third-order valence-corrected chi connectivity index (χ3v) is 4.24. The minimum atomic E-state index is 0.0344. The van der Waals surface area contributed by atoms with Gasteiger partial charge in [-0.2, -0.15) is 0 Å². The number of hydrogen-bond acceptors (Lipinski definition) is 2.